The summed E-state index contributed by atoms with van der Waals surface area (Å²) in [5, 5.41) is 36.1. The van der Waals surface area contributed by atoms with Crippen molar-refractivity contribution in [2.75, 3.05) is 0 Å². The van der Waals surface area contributed by atoms with E-state index in [1.165, 1.54) is 0 Å². The Bertz CT molecular complexity index is 145. The Morgan fingerprint density at radius 2 is 1.19 bits per heavy atom. The van der Waals surface area contributed by atoms with Gasteiger partial charge in [0.2, 0.25) is 0 Å². The molecule has 0 aromatic heterocycles. The van der Waals surface area contributed by atoms with E-state index in [0.29, 0.717) is 0 Å². The quantitative estimate of drug-likeness (QED) is 0.470. The number of carbonyl (C=O) groups is 2. The van der Waals surface area contributed by atoms with Crippen LogP contribution in [0.3, 0.4) is 0 Å². The molecule has 0 radical (unpaired) electrons. The summed E-state index contributed by atoms with van der Waals surface area (Å²) in [6, 6.07) is 0. The fourth-order valence-corrected chi connectivity index (χ4v) is 0. The van der Waals surface area contributed by atoms with Crippen molar-refractivity contribution in [2.24, 2.45) is 0 Å². The van der Waals surface area contributed by atoms with Crippen LogP contribution in [0.4, 0.5) is 0 Å². The third kappa shape index (κ3) is 37.6. The molecule has 0 amide bonds. The Balaban J connectivity index is -0.0000000250. The van der Waals surface area contributed by atoms with E-state index in [1.54, 1.807) is 0 Å². The molecule has 0 bridgehead atoms. The first-order chi connectivity index (χ1) is 5.29. The predicted molar refractivity (Wildman–Crippen MR) is 40.5 cm³/mol. The van der Waals surface area contributed by atoms with Crippen LogP contribution in [-0.2, 0) is 31.3 Å². The molecule has 10 heteroatoms. The minimum absolute atomic E-state index is 0. The molecule has 2 atom stereocenters. The molecule has 9 nitrogen and oxygen atoms in total. The van der Waals surface area contributed by atoms with Gasteiger partial charge in [-0.2, -0.15) is 0 Å². The summed E-state index contributed by atoms with van der Waals surface area (Å²) in [6.45, 7) is 2.11. The zero-order chi connectivity index (χ0) is 10.3. The number of carboxylic acid groups (broad SMARTS) is 2. The van der Waals surface area contributed by atoms with Crippen LogP contribution in [0.15, 0.2) is 0 Å². The number of carbonyl (C=O) groups excluding carboxylic acids is 1. The number of carboxylic acids is 2. The van der Waals surface area contributed by atoms with E-state index in [2.05, 4.69) is 0 Å². The number of hydrogen-bond acceptors (Lipinski definition) is 8. The minimum atomic E-state index is -1.59. The maximum Gasteiger partial charge on any atom is 4.00 e. The molecule has 0 saturated carbocycles. The standard InChI is InChI=1S/2C3H5O3.H3N.2H2O.Ti/c2*1-2(4)3(5)6;;;;/h2*2H,1H3,(H,5,6);1H3;2*1H2;/q2*-1;;;;+4/p-3. The van der Waals surface area contributed by atoms with Crippen molar-refractivity contribution in [2.45, 2.75) is 26.1 Å². The van der Waals surface area contributed by atoms with E-state index in [1.807, 2.05) is 0 Å². The molecule has 0 saturated heterocycles. The van der Waals surface area contributed by atoms with Gasteiger partial charge in [0, 0.05) is 5.97 Å². The van der Waals surface area contributed by atoms with E-state index < -0.39 is 24.1 Å². The largest absolute Gasteiger partial charge is 4.00 e. The summed E-state index contributed by atoms with van der Waals surface area (Å²) in [7, 11) is 0. The van der Waals surface area contributed by atoms with E-state index in [9.17, 15) is 24.9 Å². The summed E-state index contributed by atoms with van der Waals surface area (Å²) in [5.74, 6) is -2.84. The van der Waals surface area contributed by atoms with Gasteiger partial charge >= 0.3 is 21.7 Å². The number of aliphatic carboxylic acids is 2. The second kappa shape index (κ2) is 19.9. The molecular formula is C6H14NO8Ti-. The van der Waals surface area contributed by atoms with Crippen molar-refractivity contribution in [3.8, 4) is 0 Å². The number of rotatable bonds is 2. The smallest absolute Gasteiger partial charge is 0.870 e. The first-order valence-corrected chi connectivity index (χ1v) is 3.04. The molecule has 0 aromatic carbocycles. The predicted octanol–water partition coefficient (Wildman–Crippen LogP) is -3.89. The summed E-state index contributed by atoms with van der Waals surface area (Å²) in [5.41, 5.74) is 0. The minimum Gasteiger partial charge on any atom is -0.870 e. The van der Waals surface area contributed by atoms with Crippen LogP contribution in [0.1, 0.15) is 13.8 Å². The molecule has 16 heavy (non-hydrogen) atoms. The van der Waals surface area contributed by atoms with Crippen LogP contribution in [0.5, 0.6) is 0 Å². The fourth-order valence-electron chi connectivity index (χ4n) is 0. The van der Waals surface area contributed by atoms with Crippen molar-refractivity contribution < 1.29 is 62.7 Å². The third-order valence-electron chi connectivity index (χ3n) is 0.680. The van der Waals surface area contributed by atoms with Gasteiger partial charge in [0.15, 0.2) is 0 Å². The van der Waals surface area contributed by atoms with Crippen molar-refractivity contribution in [1.29, 1.82) is 0 Å². The van der Waals surface area contributed by atoms with Gasteiger partial charge < -0.3 is 42.3 Å². The summed E-state index contributed by atoms with van der Waals surface area (Å²) in [4.78, 5) is 18.7. The van der Waals surface area contributed by atoms with E-state index in [-0.39, 0.29) is 38.8 Å². The van der Waals surface area contributed by atoms with E-state index in [0.717, 1.165) is 13.8 Å². The molecule has 2 unspecified atom stereocenters. The Kier molecular flexibility index (Phi) is 45.0. The van der Waals surface area contributed by atoms with Gasteiger partial charge in [-0.1, -0.05) is 20.0 Å². The van der Waals surface area contributed by atoms with Crippen molar-refractivity contribution in [3.05, 3.63) is 0 Å². The first-order valence-electron chi connectivity index (χ1n) is 3.04. The molecule has 0 aliphatic rings. The molecular weight excluding hydrogens is 262 g/mol. The van der Waals surface area contributed by atoms with Crippen molar-refractivity contribution in [3.63, 3.8) is 0 Å². The molecule has 6 N–H and O–H groups in total. The molecule has 0 rings (SSSR count). The van der Waals surface area contributed by atoms with Crippen LogP contribution in [0, 0.1) is 0 Å². The SMILES string of the molecule is CC([O-])C(=O)O.CC([O-])C(=O)[O-].N.[OH-].[OH-].[Ti+4]. The second-order valence-corrected chi connectivity index (χ2v) is 1.94. The van der Waals surface area contributed by atoms with Gasteiger partial charge in [-0.05, 0) is 6.10 Å². The first kappa shape index (κ1) is 36.1. The zero-order valence-electron chi connectivity index (χ0n) is 8.74. The van der Waals surface area contributed by atoms with Gasteiger partial charge in [0.25, 0.3) is 5.97 Å². The Labute approximate surface area is 107 Å². The van der Waals surface area contributed by atoms with Gasteiger partial charge in [-0.15, -0.1) is 0 Å². The zero-order valence-corrected chi connectivity index (χ0v) is 10.3. The average Bonchev–Trinajstić information content (AvgIpc) is 1.88. The Morgan fingerprint density at radius 3 is 1.19 bits per heavy atom. The summed E-state index contributed by atoms with van der Waals surface area (Å²) in [6.07, 6.45) is -3.07. The molecule has 0 fully saturated rings. The normalized spacial score (nSPS) is 10.2. The van der Waals surface area contributed by atoms with Crippen LogP contribution in [0.2, 0.25) is 0 Å². The molecule has 0 aromatic rings. The fraction of sp³-hybridized carbons (Fsp3) is 0.667. The molecule has 0 heterocycles. The van der Waals surface area contributed by atoms with Gasteiger partial charge in [0.1, 0.15) is 0 Å². The van der Waals surface area contributed by atoms with E-state index in [4.69, 9.17) is 5.11 Å². The van der Waals surface area contributed by atoms with Crippen LogP contribution in [-0.4, -0.2) is 40.2 Å². The average molecular weight is 276 g/mol. The molecule has 0 aliphatic heterocycles. The van der Waals surface area contributed by atoms with E-state index >= 15 is 0 Å². The number of hydrogen-bond donors (Lipinski definition) is 2. The third-order valence-corrected chi connectivity index (χ3v) is 0.680. The molecule has 0 aliphatic carbocycles. The molecule has 96 valence electrons. The summed E-state index contributed by atoms with van der Waals surface area (Å²) >= 11 is 0. The maximum absolute atomic E-state index is 9.63. The summed E-state index contributed by atoms with van der Waals surface area (Å²) < 4.78 is 0. The van der Waals surface area contributed by atoms with Gasteiger partial charge in [-0.3, -0.25) is 4.79 Å². The second-order valence-electron chi connectivity index (χ2n) is 1.94. The maximum atomic E-state index is 9.63. The Morgan fingerprint density at radius 1 is 1.06 bits per heavy atom. The van der Waals surface area contributed by atoms with Crippen molar-refractivity contribution >= 4 is 11.9 Å². The molecule has 0 spiro atoms. The topological polar surface area (TPSA) is 219 Å². The van der Waals surface area contributed by atoms with Crippen LogP contribution in [0.25, 0.3) is 0 Å². The Hall–Kier alpha value is -0.546. The van der Waals surface area contributed by atoms with Crippen LogP contribution >= 0.6 is 0 Å². The van der Waals surface area contributed by atoms with Gasteiger partial charge in [-0.25, -0.2) is 0 Å². The van der Waals surface area contributed by atoms with Gasteiger partial charge in [0.05, 0.1) is 0 Å². The van der Waals surface area contributed by atoms with Crippen LogP contribution < -0.4 is 21.5 Å². The van der Waals surface area contributed by atoms with Crippen molar-refractivity contribution in [1.82, 2.24) is 6.15 Å². The monoisotopic (exact) mass is 276 g/mol.